The van der Waals surface area contributed by atoms with Crippen LogP contribution < -0.4 is 10.2 Å². The molecule has 1 N–H and O–H groups in total. The molecule has 0 bridgehead atoms. The van der Waals surface area contributed by atoms with Gasteiger partial charge < -0.3 is 19.7 Å². The number of benzene rings is 1. The molecule has 0 aliphatic carbocycles. The van der Waals surface area contributed by atoms with Gasteiger partial charge in [-0.05, 0) is 32.4 Å². The molecule has 25 heavy (non-hydrogen) atoms. The van der Waals surface area contributed by atoms with Crippen molar-refractivity contribution in [3.8, 4) is 0 Å². The van der Waals surface area contributed by atoms with E-state index < -0.39 is 0 Å². The third-order valence-electron chi connectivity index (χ3n) is 4.87. The van der Waals surface area contributed by atoms with Gasteiger partial charge in [0.2, 0.25) is 0 Å². The fraction of sp³-hybridized carbons (Fsp3) is 0.632. The van der Waals surface area contributed by atoms with E-state index in [9.17, 15) is 4.79 Å². The Morgan fingerprint density at radius 1 is 1.20 bits per heavy atom. The Morgan fingerprint density at radius 3 is 2.48 bits per heavy atom. The minimum atomic E-state index is -0.341. The largest absolute Gasteiger partial charge is 0.441 e. The van der Waals surface area contributed by atoms with Crippen molar-refractivity contribution in [2.45, 2.75) is 31.9 Å². The molecule has 0 aromatic heterocycles. The molecule has 0 spiro atoms. The minimum absolute atomic E-state index is 0.0816. The first-order valence-electron chi connectivity index (χ1n) is 9.11. The molecule has 2 aliphatic rings. The molecule has 1 aromatic carbocycles. The zero-order chi connectivity index (χ0) is 17.7. The number of ether oxygens (including phenoxy) is 2. The molecule has 0 saturated carbocycles. The Kier molecular flexibility index (Phi) is 5.81. The molecule has 1 aromatic rings. The first-order valence-corrected chi connectivity index (χ1v) is 9.11. The van der Waals surface area contributed by atoms with Gasteiger partial charge in [0.05, 0.1) is 13.2 Å². The summed E-state index contributed by atoms with van der Waals surface area (Å²) in [5, 5.41) is 2.98. The number of nitrogens with zero attached hydrogens (tertiary/aromatic N) is 2. The number of piperazine rings is 1. The molecule has 2 saturated heterocycles. The summed E-state index contributed by atoms with van der Waals surface area (Å²) in [6, 6.07) is 10.6. The van der Waals surface area contributed by atoms with Gasteiger partial charge in [0.25, 0.3) is 0 Å². The van der Waals surface area contributed by atoms with Crippen molar-refractivity contribution in [3.63, 3.8) is 0 Å². The van der Waals surface area contributed by atoms with Crippen LogP contribution in [0.4, 0.5) is 10.5 Å². The maximum atomic E-state index is 11.9. The molecule has 6 heteroatoms. The molecular weight excluding hydrogens is 318 g/mol. The average Bonchev–Trinajstić information content (AvgIpc) is 2.57. The van der Waals surface area contributed by atoms with Crippen molar-refractivity contribution in [2.24, 2.45) is 0 Å². The third-order valence-corrected chi connectivity index (χ3v) is 4.87. The van der Waals surface area contributed by atoms with Crippen molar-refractivity contribution in [3.05, 3.63) is 30.3 Å². The topological polar surface area (TPSA) is 54.0 Å². The van der Waals surface area contributed by atoms with Crippen LogP contribution in [0.1, 0.15) is 20.3 Å². The highest BCUT2D eigenvalue weighted by Gasteiger charge is 2.27. The van der Waals surface area contributed by atoms with Gasteiger partial charge in [-0.15, -0.1) is 0 Å². The van der Waals surface area contributed by atoms with Crippen molar-refractivity contribution in [1.82, 2.24) is 10.2 Å². The van der Waals surface area contributed by atoms with Gasteiger partial charge in [-0.25, -0.2) is 4.79 Å². The van der Waals surface area contributed by atoms with E-state index in [-0.39, 0.29) is 17.7 Å². The number of rotatable bonds is 6. The van der Waals surface area contributed by atoms with Crippen LogP contribution in [-0.2, 0) is 9.47 Å². The van der Waals surface area contributed by atoms with Crippen LogP contribution in [0.5, 0.6) is 0 Å². The number of carbonyl (C=O) groups excluding carboxylic acids is 1. The van der Waals surface area contributed by atoms with E-state index in [1.54, 1.807) is 0 Å². The SMILES string of the molecule is CC(C)(CCN1CCN(c2ccccc2)CC1)NC(=O)OC1COC1. The van der Waals surface area contributed by atoms with Crippen molar-refractivity contribution >= 4 is 11.8 Å². The fourth-order valence-electron chi connectivity index (χ4n) is 3.11. The van der Waals surface area contributed by atoms with Crippen molar-refractivity contribution in [1.29, 1.82) is 0 Å². The second-order valence-corrected chi connectivity index (χ2v) is 7.49. The molecule has 6 nitrogen and oxygen atoms in total. The quantitative estimate of drug-likeness (QED) is 0.854. The average molecular weight is 347 g/mol. The van der Waals surface area contributed by atoms with E-state index in [0.29, 0.717) is 13.2 Å². The highest BCUT2D eigenvalue weighted by molar-refractivity contribution is 5.68. The summed E-state index contributed by atoms with van der Waals surface area (Å²) in [5.41, 5.74) is 1.02. The Morgan fingerprint density at radius 2 is 1.88 bits per heavy atom. The van der Waals surface area contributed by atoms with Gasteiger partial charge in [0.1, 0.15) is 0 Å². The van der Waals surface area contributed by atoms with E-state index in [1.165, 1.54) is 5.69 Å². The van der Waals surface area contributed by atoms with E-state index >= 15 is 0 Å². The zero-order valence-corrected chi connectivity index (χ0v) is 15.2. The number of hydrogen-bond acceptors (Lipinski definition) is 5. The molecular formula is C19H29N3O3. The Hall–Kier alpha value is -1.79. The first kappa shape index (κ1) is 18.0. The van der Waals surface area contributed by atoms with Crippen LogP contribution in [0, 0.1) is 0 Å². The number of nitrogens with one attached hydrogen (secondary N) is 1. The smallest absolute Gasteiger partial charge is 0.407 e. The molecule has 2 aliphatic heterocycles. The Bertz CT molecular complexity index is 552. The molecule has 1 amide bonds. The zero-order valence-electron chi connectivity index (χ0n) is 15.2. The summed E-state index contributed by atoms with van der Waals surface area (Å²) in [6.45, 7) is 10.3. The molecule has 0 unspecified atom stereocenters. The Balaban J connectivity index is 1.37. The van der Waals surface area contributed by atoms with Gasteiger partial charge >= 0.3 is 6.09 Å². The highest BCUT2D eigenvalue weighted by Crippen LogP contribution is 2.17. The standard InChI is InChI=1S/C19H29N3O3/c1-19(2,20-18(23)25-17-14-24-15-17)8-9-21-10-12-22(13-11-21)16-6-4-3-5-7-16/h3-7,17H,8-15H2,1-2H3,(H,20,23). The summed E-state index contributed by atoms with van der Waals surface area (Å²) in [6.07, 6.45) is 0.475. The third kappa shape index (κ3) is 5.34. The molecule has 0 atom stereocenters. The van der Waals surface area contributed by atoms with Crippen LogP contribution in [0.25, 0.3) is 0 Å². The second kappa shape index (κ2) is 8.06. The summed E-state index contributed by atoms with van der Waals surface area (Å²) in [7, 11) is 0. The van der Waals surface area contributed by atoms with Crippen LogP contribution >= 0.6 is 0 Å². The number of alkyl carbamates (subject to hydrolysis) is 1. The van der Waals surface area contributed by atoms with Crippen LogP contribution in [0.15, 0.2) is 30.3 Å². The van der Waals surface area contributed by atoms with Gasteiger partial charge in [0, 0.05) is 44.0 Å². The van der Waals surface area contributed by atoms with E-state index in [2.05, 4.69) is 45.4 Å². The normalized spacial score (nSPS) is 19.4. The van der Waals surface area contributed by atoms with Gasteiger partial charge in [-0.1, -0.05) is 18.2 Å². The summed E-state index contributed by atoms with van der Waals surface area (Å²) >= 11 is 0. The molecule has 2 heterocycles. The number of amides is 1. The van der Waals surface area contributed by atoms with Crippen LogP contribution in [0.2, 0.25) is 0 Å². The number of anilines is 1. The maximum Gasteiger partial charge on any atom is 0.407 e. The summed E-state index contributed by atoms with van der Waals surface area (Å²) in [5.74, 6) is 0. The summed E-state index contributed by atoms with van der Waals surface area (Å²) in [4.78, 5) is 16.8. The lowest BCUT2D eigenvalue weighted by molar-refractivity contribution is -0.0990. The maximum absolute atomic E-state index is 11.9. The van der Waals surface area contributed by atoms with E-state index in [4.69, 9.17) is 9.47 Å². The first-order chi connectivity index (χ1) is 12.0. The molecule has 3 rings (SSSR count). The van der Waals surface area contributed by atoms with E-state index in [1.807, 2.05) is 13.8 Å². The predicted molar refractivity (Wildman–Crippen MR) is 98.0 cm³/mol. The molecule has 0 radical (unpaired) electrons. The second-order valence-electron chi connectivity index (χ2n) is 7.49. The van der Waals surface area contributed by atoms with Crippen LogP contribution in [-0.4, -0.2) is 68.6 Å². The lowest BCUT2D eigenvalue weighted by Gasteiger charge is -2.37. The number of para-hydroxylation sites is 1. The minimum Gasteiger partial charge on any atom is -0.441 e. The lowest BCUT2D eigenvalue weighted by Crippen LogP contribution is -2.51. The van der Waals surface area contributed by atoms with Crippen molar-refractivity contribution in [2.75, 3.05) is 50.8 Å². The predicted octanol–water partition coefficient (Wildman–Crippen LogP) is 2.10. The van der Waals surface area contributed by atoms with E-state index in [0.717, 1.165) is 39.1 Å². The van der Waals surface area contributed by atoms with Crippen LogP contribution in [0.3, 0.4) is 0 Å². The van der Waals surface area contributed by atoms with Crippen molar-refractivity contribution < 1.29 is 14.3 Å². The molecule has 2 fully saturated rings. The Labute approximate surface area is 150 Å². The summed E-state index contributed by atoms with van der Waals surface area (Å²) < 4.78 is 10.3. The monoisotopic (exact) mass is 347 g/mol. The number of carbonyl (C=O) groups is 1. The molecule has 138 valence electrons. The van der Waals surface area contributed by atoms with Gasteiger partial charge in [0.15, 0.2) is 6.10 Å². The number of hydrogen-bond donors (Lipinski definition) is 1. The van der Waals surface area contributed by atoms with Gasteiger partial charge in [-0.2, -0.15) is 0 Å². The van der Waals surface area contributed by atoms with Gasteiger partial charge in [-0.3, -0.25) is 4.90 Å². The highest BCUT2D eigenvalue weighted by atomic mass is 16.6. The lowest BCUT2D eigenvalue weighted by atomic mass is 10.0. The fourth-order valence-corrected chi connectivity index (χ4v) is 3.11.